The quantitative estimate of drug-likeness (QED) is 0.696. The van der Waals surface area contributed by atoms with Gasteiger partial charge in [0.2, 0.25) is 17.6 Å². The summed E-state index contributed by atoms with van der Waals surface area (Å²) in [6.07, 6.45) is 1.56. The van der Waals surface area contributed by atoms with Gasteiger partial charge in [-0.15, -0.1) is 0 Å². The molecule has 0 atom stereocenters. The second-order valence-electron chi connectivity index (χ2n) is 5.98. The highest BCUT2D eigenvalue weighted by Crippen LogP contribution is 2.27. The Labute approximate surface area is 152 Å². The number of nitrogens with zero attached hydrogens (tertiary/aromatic N) is 2. The highest BCUT2D eigenvalue weighted by Gasteiger charge is 2.13. The van der Waals surface area contributed by atoms with Crippen molar-refractivity contribution in [2.24, 2.45) is 0 Å². The van der Waals surface area contributed by atoms with E-state index in [1.54, 1.807) is 7.11 Å². The SMILES string of the molecule is COc1ccccc1-c1noc(CCCC(=O)Nc2cccc(C)c2)n1. The first-order chi connectivity index (χ1) is 12.7. The number of hydrogen-bond donors (Lipinski definition) is 1. The van der Waals surface area contributed by atoms with Crippen LogP contribution < -0.4 is 10.1 Å². The van der Waals surface area contributed by atoms with Crippen molar-refractivity contribution in [3.63, 3.8) is 0 Å². The van der Waals surface area contributed by atoms with Crippen molar-refractivity contribution in [1.82, 2.24) is 10.1 Å². The van der Waals surface area contributed by atoms with E-state index in [0.29, 0.717) is 36.7 Å². The second kappa shape index (κ2) is 8.29. The minimum absolute atomic E-state index is 0.0277. The summed E-state index contributed by atoms with van der Waals surface area (Å²) < 4.78 is 10.6. The fraction of sp³-hybridized carbons (Fsp3) is 0.250. The standard InChI is InChI=1S/C20H21N3O3/c1-14-7-5-8-15(13-14)21-18(24)11-6-12-19-22-20(23-26-19)16-9-3-4-10-17(16)25-2/h3-5,7-10,13H,6,11-12H2,1-2H3,(H,21,24). The second-order valence-corrected chi connectivity index (χ2v) is 5.98. The van der Waals surface area contributed by atoms with Crippen molar-refractivity contribution in [2.45, 2.75) is 26.2 Å². The fourth-order valence-electron chi connectivity index (χ4n) is 2.64. The van der Waals surface area contributed by atoms with Gasteiger partial charge in [0.05, 0.1) is 12.7 Å². The van der Waals surface area contributed by atoms with Crippen LogP contribution in [0.25, 0.3) is 11.4 Å². The predicted molar refractivity (Wildman–Crippen MR) is 99.0 cm³/mol. The maximum atomic E-state index is 12.0. The zero-order valence-electron chi connectivity index (χ0n) is 14.9. The van der Waals surface area contributed by atoms with Crippen molar-refractivity contribution < 1.29 is 14.1 Å². The van der Waals surface area contributed by atoms with Gasteiger partial charge in [-0.1, -0.05) is 29.4 Å². The molecule has 1 amide bonds. The molecule has 0 aliphatic rings. The Hall–Kier alpha value is -3.15. The molecule has 0 spiro atoms. The van der Waals surface area contributed by atoms with Crippen molar-refractivity contribution in [3.8, 4) is 17.1 Å². The van der Waals surface area contributed by atoms with Crippen LogP contribution in [0, 0.1) is 6.92 Å². The first-order valence-corrected chi connectivity index (χ1v) is 8.48. The summed E-state index contributed by atoms with van der Waals surface area (Å²) in [7, 11) is 1.60. The number of nitrogens with one attached hydrogen (secondary N) is 1. The maximum Gasteiger partial charge on any atom is 0.226 e. The molecule has 0 aliphatic carbocycles. The van der Waals surface area contributed by atoms with E-state index in [1.807, 2.05) is 55.5 Å². The molecule has 0 radical (unpaired) electrons. The number of anilines is 1. The first-order valence-electron chi connectivity index (χ1n) is 8.48. The van der Waals surface area contributed by atoms with Crippen LogP contribution in [0.15, 0.2) is 53.1 Å². The number of ether oxygens (including phenoxy) is 1. The number of rotatable bonds is 7. The lowest BCUT2D eigenvalue weighted by molar-refractivity contribution is -0.116. The molecule has 0 saturated heterocycles. The summed E-state index contributed by atoms with van der Waals surface area (Å²) in [6.45, 7) is 1.99. The summed E-state index contributed by atoms with van der Waals surface area (Å²) in [5, 5.41) is 6.90. The number of carbonyl (C=O) groups excluding carboxylic acids is 1. The van der Waals surface area contributed by atoms with Gasteiger partial charge in [0, 0.05) is 18.5 Å². The van der Waals surface area contributed by atoms with Crippen LogP contribution >= 0.6 is 0 Å². The predicted octanol–water partition coefficient (Wildman–Crippen LogP) is 4.02. The lowest BCUT2D eigenvalue weighted by Crippen LogP contribution is -2.11. The van der Waals surface area contributed by atoms with E-state index in [4.69, 9.17) is 9.26 Å². The minimum Gasteiger partial charge on any atom is -0.496 e. The third-order valence-electron chi connectivity index (χ3n) is 3.91. The van der Waals surface area contributed by atoms with Crippen LogP contribution in [-0.4, -0.2) is 23.2 Å². The summed E-state index contributed by atoms with van der Waals surface area (Å²) in [5.74, 6) is 1.66. The van der Waals surface area contributed by atoms with E-state index in [9.17, 15) is 4.79 Å². The number of para-hydroxylation sites is 1. The zero-order valence-corrected chi connectivity index (χ0v) is 14.9. The van der Waals surface area contributed by atoms with Gasteiger partial charge in [-0.25, -0.2) is 0 Å². The molecule has 0 saturated carbocycles. The van der Waals surface area contributed by atoms with Crippen LogP contribution in [0.2, 0.25) is 0 Å². The highest BCUT2D eigenvalue weighted by molar-refractivity contribution is 5.90. The molecule has 0 fully saturated rings. The molecule has 2 aromatic carbocycles. The van der Waals surface area contributed by atoms with E-state index in [1.165, 1.54) is 0 Å². The molecule has 26 heavy (non-hydrogen) atoms. The monoisotopic (exact) mass is 351 g/mol. The Balaban J connectivity index is 1.53. The van der Waals surface area contributed by atoms with Gasteiger partial charge in [-0.05, 0) is 43.2 Å². The molecule has 6 nitrogen and oxygen atoms in total. The molecule has 3 rings (SSSR count). The molecule has 134 valence electrons. The molecule has 0 bridgehead atoms. The Morgan fingerprint density at radius 2 is 2.04 bits per heavy atom. The van der Waals surface area contributed by atoms with E-state index >= 15 is 0 Å². The van der Waals surface area contributed by atoms with Crippen LogP contribution in [0.4, 0.5) is 5.69 Å². The summed E-state index contributed by atoms with van der Waals surface area (Å²) in [6, 6.07) is 15.2. The fourth-order valence-corrected chi connectivity index (χ4v) is 2.64. The molecular formula is C20H21N3O3. The van der Waals surface area contributed by atoms with E-state index < -0.39 is 0 Å². The molecule has 0 unspecified atom stereocenters. The number of carbonyl (C=O) groups is 1. The van der Waals surface area contributed by atoms with Crippen molar-refractivity contribution >= 4 is 11.6 Å². The average Bonchev–Trinajstić information content (AvgIpc) is 3.10. The Morgan fingerprint density at radius 1 is 1.19 bits per heavy atom. The number of amides is 1. The Bertz CT molecular complexity index is 889. The van der Waals surface area contributed by atoms with Gasteiger partial charge in [-0.3, -0.25) is 4.79 Å². The molecular weight excluding hydrogens is 330 g/mol. The lowest BCUT2D eigenvalue weighted by Gasteiger charge is -2.05. The number of methoxy groups -OCH3 is 1. The maximum absolute atomic E-state index is 12.0. The van der Waals surface area contributed by atoms with Crippen LogP contribution in [0.5, 0.6) is 5.75 Å². The number of aryl methyl sites for hydroxylation is 2. The Kier molecular flexibility index (Phi) is 5.63. The normalized spacial score (nSPS) is 10.5. The van der Waals surface area contributed by atoms with Gasteiger partial charge >= 0.3 is 0 Å². The topological polar surface area (TPSA) is 77.2 Å². The number of hydrogen-bond acceptors (Lipinski definition) is 5. The molecule has 1 aromatic heterocycles. The smallest absolute Gasteiger partial charge is 0.226 e. The van der Waals surface area contributed by atoms with Crippen molar-refractivity contribution in [1.29, 1.82) is 0 Å². The summed E-state index contributed by atoms with van der Waals surface area (Å²) >= 11 is 0. The Morgan fingerprint density at radius 3 is 2.85 bits per heavy atom. The van der Waals surface area contributed by atoms with E-state index in [2.05, 4.69) is 15.5 Å². The van der Waals surface area contributed by atoms with Gasteiger partial charge in [0.25, 0.3) is 0 Å². The zero-order chi connectivity index (χ0) is 18.4. The minimum atomic E-state index is -0.0277. The van der Waals surface area contributed by atoms with Crippen molar-refractivity contribution in [3.05, 3.63) is 60.0 Å². The average molecular weight is 351 g/mol. The summed E-state index contributed by atoms with van der Waals surface area (Å²) in [4.78, 5) is 16.4. The number of benzene rings is 2. The molecule has 6 heteroatoms. The third kappa shape index (κ3) is 4.47. The van der Waals surface area contributed by atoms with Crippen LogP contribution in [0.3, 0.4) is 0 Å². The van der Waals surface area contributed by atoms with Gasteiger partial charge in [-0.2, -0.15) is 4.98 Å². The van der Waals surface area contributed by atoms with Crippen LogP contribution in [-0.2, 0) is 11.2 Å². The van der Waals surface area contributed by atoms with Crippen molar-refractivity contribution in [2.75, 3.05) is 12.4 Å². The summed E-state index contributed by atoms with van der Waals surface area (Å²) in [5.41, 5.74) is 2.70. The lowest BCUT2D eigenvalue weighted by atomic mass is 10.2. The van der Waals surface area contributed by atoms with E-state index in [-0.39, 0.29) is 5.91 Å². The largest absolute Gasteiger partial charge is 0.496 e. The van der Waals surface area contributed by atoms with Gasteiger partial charge in [0.15, 0.2) is 0 Å². The van der Waals surface area contributed by atoms with Gasteiger partial charge < -0.3 is 14.6 Å². The third-order valence-corrected chi connectivity index (χ3v) is 3.91. The molecule has 1 N–H and O–H groups in total. The molecule has 0 aliphatic heterocycles. The highest BCUT2D eigenvalue weighted by atomic mass is 16.5. The number of aromatic nitrogens is 2. The molecule has 1 heterocycles. The first kappa shape index (κ1) is 17.7. The van der Waals surface area contributed by atoms with E-state index in [0.717, 1.165) is 16.8 Å². The van der Waals surface area contributed by atoms with Gasteiger partial charge in [0.1, 0.15) is 5.75 Å². The van der Waals surface area contributed by atoms with Crippen LogP contribution in [0.1, 0.15) is 24.3 Å². The molecule has 3 aromatic rings.